The van der Waals surface area contributed by atoms with E-state index in [0.717, 1.165) is 37.8 Å². The standard InChI is InChI=1S/C19H28F3N3OS/c1-3-23-18(25-16-6-5-7-17(12-16)27(26)4-2)24-13-14-8-10-15(11-9-14)19(20,21)22/h8-11,16-17H,3-7,12-13H2,1-2H3,(H2,23,24,25). The summed E-state index contributed by atoms with van der Waals surface area (Å²) in [5.41, 5.74) is 0.0613. The zero-order chi connectivity index (χ0) is 19.9. The second kappa shape index (κ2) is 10.1. The van der Waals surface area contributed by atoms with Gasteiger partial charge in [-0.1, -0.05) is 25.5 Å². The number of halogens is 3. The van der Waals surface area contributed by atoms with Gasteiger partial charge >= 0.3 is 6.18 Å². The van der Waals surface area contributed by atoms with Crippen molar-refractivity contribution in [2.24, 2.45) is 4.99 Å². The van der Waals surface area contributed by atoms with Gasteiger partial charge in [0.1, 0.15) is 0 Å². The summed E-state index contributed by atoms with van der Waals surface area (Å²) in [6.07, 6.45) is -0.439. The van der Waals surface area contributed by atoms with Crippen molar-refractivity contribution in [2.45, 2.75) is 63.5 Å². The van der Waals surface area contributed by atoms with Crippen LogP contribution in [0.25, 0.3) is 0 Å². The summed E-state index contributed by atoms with van der Waals surface area (Å²) < 4.78 is 50.0. The molecule has 0 aliphatic heterocycles. The number of hydrogen-bond acceptors (Lipinski definition) is 2. The lowest BCUT2D eigenvalue weighted by Crippen LogP contribution is -2.46. The van der Waals surface area contributed by atoms with E-state index in [2.05, 4.69) is 15.6 Å². The van der Waals surface area contributed by atoms with Crippen molar-refractivity contribution in [3.8, 4) is 0 Å². The second-order valence-corrected chi connectivity index (χ2v) is 8.69. The zero-order valence-electron chi connectivity index (χ0n) is 15.8. The van der Waals surface area contributed by atoms with Crippen LogP contribution in [0, 0.1) is 0 Å². The molecule has 0 radical (unpaired) electrons. The molecular weight excluding hydrogens is 375 g/mol. The first-order valence-corrected chi connectivity index (χ1v) is 10.8. The SMILES string of the molecule is CCNC(=NCc1ccc(C(F)(F)F)cc1)NC1CCCC(S(=O)CC)C1. The van der Waals surface area contributed by atoms with E-state index in [4.69, 9.17) is 0 Å². The van der Waals surface area contributed by atoms with Gasteiger partial charge in [-0.05, 0) is 43.9 Å². The van der Waals surface area contributed by atoms with Crippen LogP contribution in [-0.2, 0) is 23.5 Å². The topological polar surface area (TPSA) is 53.5 Å². The van der Waals surface area contributed by atoms with Gasteiger partial charge in [-0.25, -0.2) is 4.99 Å². The molecular formula is C19H28F3N3OS. The molecule has 4 nitrogen and oxygen atoms in total. The second-order valence-electron chi connectivity index (χ2n) is 6.69. The summed E-state index contributed by atoms with van der Waals surface area (Å²) in [5.74, 6) is 1.32. The van der Waals surface area contributed by atoms with Gasteiger partial charge in [-0.3, -0.25) is 4.21 Å². The summed E-state index contributed by atoms with van der Waals surface area (Å²) in [5, 5.41) is 6.79. The van der Waals surface area contributed by atoms with Gasteiger partial charge in [-0.2, -0.15) is 13.2 Å². The number of nitrogens with zero attached hydrogens (tertiary/aromatic N) is 1. The largest absolute Gasteiger partial charge is 0.416 e. The Balaban J connectivity index is 1.98. The molecule has 1 aromatic rings. The quantitative estimate of drug-likeness (QED) is 0.561. The predicted octanol–water partition coefficient (Wildman–Crippen LogP) is 3.84. The van der Waals surface area contributed by atoms with Crippen molar-refractivity contribution in [3.63, 3.8) is 0 Å². The maximum absolute atomic E-state index is 12.6. The molecule has 2 N–H and O–H groups in total. The van der Waals surface area contributed by atoms with Crippen LogP contribution in [0.5, 0.6) is 0 Å². The van der Waals surface area contributed by atoms with Crippen LogP contribution in [0.3, 0.4) is 0 Å². The highest BCUT2D eigenvalue weighted by molar-refractivity contribution is 7.85. The molecule has 0 aromatic heterocycles. The maximum atomic E-state index is 12.6. The third-order valence-electron chi connectivity index (χ3n) is 4.67. The predicted molar refractivity (Wildman–Crippen MR) is 104 cm³/mol. The number of nitrogens with one attached hydrogen (secondary N) is 2. The van der Waals surface area contributed by atoms with E-state index >= 15 is 0 Å². The molecule has 152 valence electrons. The van der Waals surface area contributed by atoms with E-state index in [0.29, 0.717) is 30.4 Å². The minimum Gasteiger partial charge on any atom is -0.357 e. The van der Waals surface area contributed by atoms with Crippen molar-refractivity contribution in [3.05, 3.63) is 35.4 Å². The molecule has 0 spiro atoms. The average Bonchev–Trinajstić information content (AvgIpc) is 2.65. The third kappa shape index (κ3) is 6.83. The van der Waals surface area contributed by atoms with Crippen LogP contribution in [0.2, 0.25) is 0 Å². The van der Waals surface area contributed by atoms with Crippen molar-refractivity contribution >= 4 is 16.8 Å². The summed E-state index contributed by atoms with van der Waals surface area (Å²) in [6, 6.07) is 5.28. The molecule has 1 aromatic carbocycles. The van der Waals surface area contributed by atoms with Gasteiger partial charge in [0, 0.05) is 34.4 Å². The molecule has 1 aliphatic carbocycles. The number of aliphatic imine (C=N–C) groups is 1. The Morgan fingerprint density at radius 2 is 1.93 bits per heavy atom. The van der Waals surface area contributed by atoms with Crippen molar-refractivity contribution in [2.75, 3.05) is 12.3 Å². The van der Waals surface area contributed by atoms with Gasteiger partial charge in [0.25, 0.3) is 0 Å². The molecule has 3 atom stereocenters. The number of guanidine groups is 1. The Morgan fingerprint density at radius 1 is 1.22 bits per heavy atom. The molecule has 3 unspecified atom stereocenters. The third-order valence-corrected chi connectivity index (χ3v) is 6.41. The van der Waals surface area contributed by atoms with Crippen LogP contribution in [0.4, 0.5) is 13.2 Å². The lowest BCUT2D eigenvalue weighted by Gasteiger charge is -2.30. The fourth-order valence-electron chi connectivity index (χ4n) is 3.23. The number of benzene rings is 1. The van der Waals surface area contributed by atoms with Crippen LogP contribution in [0.1, 0.15) is 50.7 Å². The van der Waals surface area contributed by atoms with E-state index in [9.17, 15) is 17.4 Å². The van der Waals surface area contributed by atoms with E-state index in [-0.39, 0.29) is 11.3 Å². The molecule has 0 saturated heterocycles. The van der Waals surface area contributed by atoms with Crippen molar-refractivity contribution < 1.29 is 17.4 Å². The Labute approximate surface area is 161 Å². The fourth-order valence-corrected chi connectivity index (χ4v) is 4.58. The highest BCUT2D eigenvalue weighted by atomic mass is 32.2. The van der Waals surface area contributed by atoms with Gasteiger partial charge in [0.05, 0.1) is 12.1 Å². The summed E-state index contributed by atoms with van der Waals surface area (Å²) in [4.78, 5) is 4.50. The molecule has 0 bridgehead atoms. The van der Waals surface area contributed by atoms with E-state index in [1.165, 1.54) is 12.1 Å². The first kappa shape index (κ1) is 21.7. The minimum atomic E-state index is -4.33. The van der Waals surface area contributed by atoms with Gasteiger partial charge in [-0.15, -0.1) is 0 Å². The van der Waals surface area contributed by atoms with E-state index in [1.807, 2.05) is 13.8 Å². The lowest BCUT2D eigenvalue weighted by molar-refractivity contribution is -0.137. The molecule has 0 heterocycles. The molecule has 8 heteroatoms. The number of hydrogen-bond donors (Lipinski definition) is 2. The molecule has 1 saturated carbocycles. The zero-order valence-corrected chi connectivity index (χ0v) is 16.6. The van der Waals surface area contributed by atoms with Crippen LogP contribution in [0.15, 0.2) is 29.3 Å². The van der Waals surface area contributed by atoms with Crippen molar-refractivity contribution in [1.82, 2.24) is 10.6 Å². The molecule has 2 rings (SSSR count). The van der Waals surface area contributed by atoms with Crippen LogP contribution in [-0.4, -0.2) is 33.8 Å². The summed E-state index contributed by atoms with van der Waals surface area (Å²) >= 11 is 0. The Kier molecular flexibility index (Phi) is 8.13. The molecule has 0 amide bonds. The minimum absolute atomic E-state index is 0.213. The lowest BCUT2D eigenvalue weighted by atomic mass is 9.95. The monoisotopic (exact) mass is 403 g/mol. The van der Waals surface area contributed by atoms with Gasteiger partial charge in [0.2, 0.25) is 0 Å². The van der Waals surface area contributed by atoms with Crippen LogP contribution < -0.4 is 10.6 Å². The highest BCUT2D eigenvalue weighted by Gasteiger charge is 2.30. The smallest absolute Gasteiger partial charge is 0.357 e. The summed E-state index contributed by atoms with van der Waals surface area (Å²) in [7, 11) is -0.788. The Morgan fingerprint density at radius 3 is 2.52 bits per heavy atom. The highest BCUT2D eigenvalue weighted by Crippen LogP contribution is 2.29. The van der Waals surface area contributed by atoms with Crippen molar-refractivity contribution in [1.29, 1.82) is 0 Å². The van der Waals surface area contributed by atoms with Gasteiger partial charge in [0.15, 0.2) is 5.96 Å². The first-order valence-electron chi connectivity index (χ1n) is 9.41. The number of rotatable bonds is 6. The first-order chi connectivity index (χ1) is 12.8. The Bertz CT molecular complexity index is 647. The van der Waals surface area contributed by atoms with E-state index in [1.54, 1.807) is 0 Å². The van der Waals surface area contributed by atoms with Gasteiger partial charge < -0.3 is 10.6 Å². The molecule has 1 aliphatic rings. The fraction of sp³-hybridized carbons (Fsp3) is 0.632. The average molecular weight is 404 g/mol. The molecule has 27 heavy (non-hydrogen) atoms. The summed E-state index contributed by atoms with van der Waals surface area (Å²) in [6.45, 7) is 4.90. The Hall–Kier alpha value is -1.57. The maximum Gasteiger partial charge on any atom is 0.416 e. The molecule has 1 fully saturated rings. The van der Waals surface area contributed by atoms with Crippen LogP contribution >= 0.6 is 0 Å². The number of alkyl halides is 3. The van der Waals surface area contributed by atoms with E-state index < -0.39 is 22.5 Å². The normalized spacial score (nSPS) is 22.3.